The molecule has 0 fully saturated rings. The van der Waals surface area contributed by atoms with Crippen LogP contribution in [0.25, 0.3) is 0 Å². The first-order valence-electron chi connectivity index (χ1n) is 12.1. The van der Waals surface area contributed by atoms with Crippen molar-refractivity contribution in [2.45, 2.75) is 64.3 Å². The molecule has 0 aliphatic heterocycles. The fourth-order valence-electron chi connectivity index (χ4n) is 4.73. The Kier molecular flexibility index (Phi) is 7.97. The largest absolute Gasteiger partial charge is 0.465 e. The maximum absolute atomic E-state index is 11.7. The molecule has 35 heavy (non-hydrogen) atoms. The maximum Gasteiger partial charge on any atom is 0.337 e. The van der Waals surface area contributed by atoms with Gasteiger partial charge in [-0.05, 0) is 70.5 Å². The predicted molar refractivity (Wildman–Crippen MR) is 142 cm³/mol. The van der Waals surface area contributed by atoms with Crippen LogP contribution in [0, 0.1) is 6.92 Å². The van der Waals surface area contributed by atoms with Crippen LogP contribution in [-0.4, -0.2) is 19.4 Å². The highest BCUT2D eigenvalue weighted by molar-refractivity contribution is 5.89. The van der Waals surface area contributed by atoms with E-state index in [0.29, 0.717) is 5.56 Å². The first-order chi connectivity index (χ1) is 16.5. The van der Waals surface area contributed by atoms with Gasteiger partial charge in [0.1, 0.15) is 6.29 Å². The van der Waals surface area contributed by atoms with Gasteiger partial charge >= 0.3 is 5.97 Å². The molecule has 1 aliphatic carbocycles. The van der Waals surface area contributed by atoms with Crippen molar-refractivity contribution in [2.75, 3.05) is 7.11 Å². The Bertz CT molecular complexity index is 1180. The minimum atomic E-state index is -0.330. The van der Waals surface area contributed by atoms with Gasteiger partial charge in [-0.2, -0.15) is 0 Å². The number of benzene rings is 3. The number of methoxy groups -OCH3 is 1. The molecule has 0 amide bonds. The van der Waals surface area contributed by atoms with E-state index in [0.717, 1.165) is 23.0 Å². The smallest absolute Gasteiger partial charge is 0.337 e. The molecule has 0 spiro atoms. The number of carbonyl (C=O) groups excluding carboxylic acids is 2. The number of fused-ring (bicyclic) bond motifs is 1. The van der Waals surface area contributed by atoms with Crippen molar-refractivity contribution in [1.29, 1.82) is 0 Å². The third-order valence-electron chi connectivity index (χ3n) is 7.20. The van der Waals surface area contributed by atoms with Gasteiger partial charge in [0.2, 0.25) is 0 Å². The highest BCUT2D eigenvalue weighted by Crippen LogP contribution is 2.47. The Labute approximate surface area is 209 Å². The lowest BCUT2D eigenvalue weighted by atomic mass is 9.62. The lowest BCUT2D eigenvalue weighted by Gasteiger charge is -2.42. The van der Waals surface area contributed by atoms with Crippen LogP contribution >= 0.6 is 0 Å². The molecule has 0 saturated heterocycles. The van der Waals surface area contributed by atoms with Crippen LogP contribution in [-0.2, 0) is 15.6 Å². The molecule has 4 rings (SSSR count). The number of aldehydes is 1. The second kappa shape index (κ2) is 10.6. The number of ether oxygens (including phenoxy) is 1. The molecular formula is C31H37NO3. The third kappa shape index (κ3) is 5.88. The van der Waals surface area contributed by atoms with Gasteiger partial charge in [0, 0.05) is 5.56 Å². The van der Waals surface area contributed by atoms with E-state index in [9.17, 15) is 9.59 Å². The summed E-state index contributed by atoms with van der Waals surface area (Å²) in [5.74, 6) is -0.330. The molecule has 0 heterocycles. The molecule has 1 aliphatic rings. The molecule has 0 aromatic heterocycles. The number of hydrogen-bond acceptors (Lipinski definition) is 4. The predicted octanol–water partition coefficient (Wildman–Crippen LogP) is 6.68. The van der Waals surface area contributed by atoms with Gasteiger partial charge in [-0.15, -0.1) is 0 Å². The molecule has 0 saturated carbocycles. The first-order valence-corrected chi connectivity index (χ1v) is 12.1. The van der Waals surface area contributed by atoms with Gasteiger partial charge in [0.25, 0.3) is 0 Å². The van der Waals surface area contributed by atoms with Crippen molar-refractivity contribution in [3.8, 4) is 0 Å². The van der Waals surface area contributed by atoms with E-state index < -0.39 is 0 Å². The quantitative estimate of drug-likeness (QED) is 0.340. The monoisotopic (exact) mass is 471 g/mol. The van der Waals surface area contributed by atoms with E-state index in [1.165, 1.54) is 36.6 Å². The van der Waals surface area contributed by atoms with E-state index in [2.05, 4.69) is 46.8 Å². The van der Waals surface area contributed by atoms with Crippen molar-refractivity contribution in [1.82, 2.24) is 0 Å². The zero-order valence-electron chi connectivity index (χ0n) is 21.7. The normalized spacial score (nSPS) is 16.2. The second-order valence-corrected chi connectivity index (χ2v) is 10.6. The molecule has 3 aromatic rings. The van der Waals surface area contributed by atoms with Gasteiger partial charge in [0.15, 0.2) is 0 Å². The van der Waals surface area contributed by atoms with Gasteiger partial charge in [-0.3, -0.25) is 4.79 Å². The van der Waals surface area contributed by atoms with E-state index >= 15 is 0 Å². The molecule has 184 valence electrons. The Morgan fingerprint density at radius 3 is 1.94 bits per heavy atom. The lowest BCUT2D eigenvalue weighted by Crippen LogP contribution is -2.34. The highest BCUT2D eigenvalue weighted by Gasteiger charge is 2.37. The summed E-state index contributed by atoms with van der Waals surface area (Å²) in [6.45, 7) is 11.5. The van der Waals surface area contributed by atoms with Crippen LogP contribution in [0.5, 0.6) is 0 Å². The van der Waals surface area contributed by atoms with E-state index in [1.54, 1.807) is 24.3 Å². The fraction of sp³-hybridized carbons (Fsp3) is 0.355. The summed E-state index contributed by atoms with van der Waals surface area (Å²) in [6.07, 6.45) is 3.21. The molecule has 0 radical (unpaired) electrons. The molecule has 2 N–H and O–H groups in total. The van der Waals surface area contributed by atoms with Crippen LogP contribution in [0.2, 0.25) is 0 Å². The summed E-state index contributed by atoms with van der Waals surface area (Å²) >= 11 is 0. The second-order valence-electron chi connectivity index (χ2n) is 10.6. The number of rotatable bonds is 4. The maximum atomic E-state index is 11.7. The molecule has 1 atom stereocenters. The van der Waals surface area contributed by atoms with E-state index in [1.807, 2.05) is 30.3 Å². The number of nitrogens with two attached hydrogens (primary N) is 1. The van der Waals surface area contributed by atoms with Crippen molar-refractivity contribution >= 4 is 12.3 Å². The average Bonchev–Trinajstić information content (AvgIpc) is 2.86. The molecule has 0 bridgehead atoms. The number of esters is 1. The average molecular weight is 472 g/mol. The van der Waals surface area contributed by atoms with Crippen molar-refractivity contribution < 1.29 is 14.3 Å². The molecule has 4 nitrogen and oxygen atoms in total. The SMILES string of the molecule is COC(=O)c1ccc(C(N)c2cc3c(cc2C)C(C)(C)CCC3(C)C)cc1.O=Cc1ccccc1. The Hall–Kier alpha value is -3.24. The first kappa shape index (κ1) is 26.4. The minimum absolute atomic E-state index is 0.155. The fourth-order valence-corrected chi connectivity index (χ4v) is 4.73. The standard InChI is InChI=1S/C24H31NO2.C7H6O/c1-15-13-19-20(24(4,5)12-11-23(19,2)3)14-18(15)21(25)16-7-9-17(10-8-16)22(26)27-6;8-6-7-4-2-1-3-5-7/h7-10,13-14,21H,11-12,25H2,1-6H3;1-6H. The summed E-state index contributed by atoms with van der Waals surface area (Å²) in [4.78, 5) is 21.7. The van der Waals surface area contributed by atoms with Crippen LogP contribution in [0.15, 0.2) is 66.7 Å². The molecular weight excluding hydrogens is 434 g/mol. The molecule has 3 aromatic carbocycles. The molecule has 4 heteroatoms. The Morgan fingerprint density at radius 1 is 0.914 bits per heavy atom. The third-order valence-corrected chi connectivity index (χ3v) is 7.20. The van der Waals surface area contributed by atoms with Crippen LogP contribution < -0.4 is 5.73 Å². The topological polar surface area (TPSA) is 69.4 Å². The lowest BCUT2D eigenvalue weighted by molar-refractivity contribution is 0.0600. The van der Waals surface area contributed by atoms with Gasteiger partial charge < -0.3 is 10.5 Å². The van der Waals surface area contributed by atoms with Crippen molar-refractivity contribution in [2.24, 2.45) is 5.73 Å². The van der Waals surface area contributed by atoms with E-state index in [4.69, 9.17) is 10.5 Å². The zero-order chi connectivity index (χ0) is 25.8. The van der Waals surface area contributed by atoms with Crippen molar-refractivity contribution in [3.63, 3.8) is 0 Å². The summed E-state index contributed by atoms with van der Waals surface area (Å²) in [7, 11) is 1.39. The summed E-state index contributed by atoms with van der Waals surface area (Å²) in [6, 6.07) is 20.9. The van der Waals surface area contributed by atoms with Crippen LogP contribution in [0.3, 0.4) is 0 Å². The number of carbonyl (C=O) groups is 2. The van der Waals surface area contributed by atoms with Gasteiger partial charge in [-0.1, -0.05) is 82.3 Å². The van der Waals surface area contributed by atoms with Crippen LogP contribution in [0.1, 0.15) is 95.1 Å². The minimum Gasteiger partial charge on any atom is -0.465 e. The van der Waals surface area contributed by atoms with E-state index in [-0.39, 0.29) is 22.8 Å². The zero-order valence-corrected chi connectivity index (χ0v) is 21.7. The number of hydrogen-bond donors (Lipinski definition) is 1. The summed E-state index contributed by atoms with van der Waals surface area (Å²) in [5.41, 5.74) is 14.5. The van der Waals surface area contributed by atoms with Gasteiger partial charge in [0.05, 0.1) is 18.7 Å². The Balaban J connectivity index is 0.000000363. The highest BCUT2D eigenvalue weighted by atomic mass is 16.5. The van der Waals surface area contributed by atoms with Crippen LogP contribution in [0.4, 0.5) is 0 Å². The van der Waals surface area contributed by atoms with Gasteiger partial charge in [-0.25, -0.2) is 4.79 Å². The summed E-state index contributed by atoms with van der Waals surface area (Å²) < 4.78 is 4.77. The Morgan fingerprint density at radius 2 is 1.46 bits per heavy atom. The molecule has 1 unspecified atom stereocenters. The summed E-state index contributed by atoms with van der Waals surface area (Å²) in [5, 5.41) is 0. The number of aryl methyl sites for hydroxylation is 1. The van der Waals surface area contributed by atoms with Crippen molar-refractivity contribution in [3.05, 3.63) is 106 Å².